The zero-order chi connectivity index (χ0) is 9.40. The van der Waals surface area contributed by atoms with Gasteiger partial charge in [-0.2, -0.15) is 0 Å². The number of hydrogen-bond donors (Lipinski definition) is 0. The molecule has 0 unspecified atom stereocenters. The van der Waals surface area contributed by atoms with E-state index in [1.165, 1.54) is 0 Å². The molecule has 0 radical (unpaired) electrons. The predicted molar refractivity (Wildman–Crippen MR) is 44.8 cm³/mol. The summed E-state index contributed by atoms with van der Waals surface area (Å²) in [4.78, 5) is 31.2. The summed E-state index contributed by atoms with van der Waals surface area (Å²) in [5, 5.41) is 0. The molecule has 0 bridgehead atoms. The van der Waals surface area contributed by atoms with Crippen LogP contribution < -0.4 is 0 Å². The van der Waals surface area contributed by atoms with Crippen LogP contribution in [0.25, 0.3) is 0 Å². The molecule has 0 aliphatic carbocycles. The minimum Gasteiger partial charge on any atom is -0.299 e. The van der Waals surface area contributed by atoms with Gasteiger partial charge in [0.25, 0.3) is 0 Å². The van der Waals surface area contributed by atoms with Crippen molar-refractivity contribution in [3.8, 4) is 0 Å². The van der Waals surface area contributed by atoms with E-state index in [4.69, 9.17) is 0 Å². The lowest BCUT2D eigenvalue weighted by atomic mass is 10.1. The van der Waals surface area contributed by atoms with E-state index in [0.717, 1.165) is 19.3 Å². The Balaban J connectivity index is 3.46. The summed E-state index contributed by atoms with van der Waals surface area (Å²) >= 11 is 0. The number of hydrogen-bond acceptors (Lipinski definition) is 3. The van der Waals surface area contributed by atoms with Crippen molar-refractivity contribution in [2.75, 3.05) is 0 Å². The Labute approximate surface area is 72.1 Å². The van der Waals surface area contributed by atoms with Crippen molar-refractivity contribution in [3.05, 3.63) is 0 Å². The van der Waals surface area contributed by atoms with Crippen molar-refractivity contribution in [1.29, 1.82) is 0 Å². The third kappa shape index (κ3) is 5.77. The van der Waals surface area contributed by atoms with Crippen molar-refractivity contribution >= 4 is 17.9 Å². The normalized spacial score (nSPS) is 9.42. The smallest absolute Gasteiger partial charge is 0.202 e. The molecule has 0 atom stereocenters. The van der Waals surface area contributed by atoms with Crippen LogP contribution in [0.5, 0.6) is 0 Å². The molecule has 0 aromatic carbocycles. The number of carbonyl (C=O) groups is 3. The molecule has 3 heteroatoms. The van der Waals surface area contributed by atoms with Gasteiger partial charge in [0.1, 0.15) is 5.78 Å². The van der Waals surface area contributed by atoms with Crippen LogP contribution in [0.4, 0.5) is 0 Å². The van der Waals surface area contributed by atoms with Gasteiger partial charge in [0.15, 0.2) is 6.29 Å². The van der Waals surface area contributed by atoms with Crippen LogP contribution in [-0.4, -0.2) is 17.9 Å². The first-order valence-corrected chi connectivity index (χ1v) is 4.20. The van der Waals surface area contributed by atoms with Crippen LogP contribution >= 0.6 is 0 Å². The molecule has 0 saturated carbocycles. The fourth-order valence-electron chi connectivity index (χ4n) is 0.897. The zero-order valence-corrected chi connectivity index (χ0v) is 7.34. The maximum Gasteiger partial charge on any atom is 0.202 e. The zero-order valence-electron chi connectivity index (χ0n) is 7.34. The standard InChI is InChI=1S/C9H14O3/c1-2-3-4-5-8(11)6-9(12)7-10/h7H,2-6H2,1H3. The predicted octanol–water partition coefficient (Wildman–Crippen LogP) is 1.29. The fraction of sp³-hybridized carbons (Fsp3) is 0.667. The SMILES string of the molecule is CCCCCC(=O)CC(=O)C=O. The molecule has 68 valence electrons. The van der Waals surface area contributed by atoms with Crippen molar-refractivity contribution in [2.24, 2.45) is 0 Å². The molecule has 0 aliphatic heterocycles. The summed E-state index contributed by atoms with van der Waals surface area (Å²) in [7, 11) is 0. The molecule has 12 heavy (non-hydrogen) atoms. The van der Waals surface area contributed by atoms with E-state index in [0.29, 0.717) is 6.42 Å². The molecule has 0 fully saturated rings. The van der Waals surface area contributed by atoms with Gasteiger partial charge in [-0.1, -0.05) is 19.8 Å². The molecule has 0 N–H and O–H groups in total. The number of rotatable bonds is 7. The minimum atomic E-state index is -0.614. The van der Waals surface area contributed by atoms with Crippen LogP contribution in [0, 0.1) is 0 Å². The van der Waals surface area contributed by atoms with Crippen LogP contribution in [0.2, 0.25) is 0 Å². The molecule has 0 spiro atoms. The average molecular weight is 170 g/mol. The maximum absolute atomic E-state index is 10.9. The topological polar surface area (TPSA) is 51.2 Å². The largest absolute Gasteiger partial charge is 0.299 e. The van der Waals surface area contributed by atoms with Crippen LogP contribution in [0.15, 0.2) is 0 Å². The monoisotopic (exact) mass is 170 g/mol. The molecular formula is C9H14O3. The lowest BCUT2D eigenvalue weighted by Crippen LogP contribution is -2.08. The first kappa shape index (κ1) is 11.0. The second kappa shape index (κ2) is 6.70. The number of ketones is 2. The van der Waals surface area contributed by atoms with E-state index in [-0.39, 0.29) is 18.5 Å². The van der Waals surface area contributed by atoms with Gasteiger partial charge in [0.05, 0.1) is 6.42 Å². The summed E-state index contributed by atoms with van der Waals surface area (Å²) in [6.45, 7) is 2.04. The highest BCUT2D eigenvalue weighted by Gasteiger charge is 2.07. The van der Waals surface area contributed by atoms with Crippen molar-refractivity contribution in [1.82, 2.24) is 0 Å². The first-order chi connectivity index (χ1) is 5.70. The number of unbranched alkanes of at least 4 members (excludes halogenated alkanes) is 2. The number of carbonyl (C=O) groups excluding carboxylic acids is 3. The Hall–Kier alpha value is -0.990. The fourth-order valence-corrected chi connectivity index (χ4v) is 0.897. The number of Topliss-reactive ketones (excluding diaryl/α,β-unsaturated/α-hetero) is 2. The molecule has 0 aromatic rings. The summed E-state index contributed by atoms with van der Waals surface area (Å²) in [5.41, 5.74) is 0. The first-order valence-electron chi connectivity index (χ1n) is 4.20. The maximum atomic E-state index is 10.9. The highest BCUT2D eigenvalue weighted by atomic mass is 16.2. The molecule has 0 saturated heterocycles. The number of aldehydes is 1. The molecule has 0 rings (SSSR count). The van der Waals surface area contributed by atoms with Crippen LogP contribution in [0.3, 0.4) is 0 Å². The van der Waals surface area contributed by atoms with Crippen molar-refractivity contribution in [2.45, 2.75) is 39.0 Å². The summed E-state index contributed by atoms with van der Waals surface area (Å²) in [6.07, 6.45) is 3.29. The van der Waals surface area contributed by atoms with Gasteiger partial charge in [-0.05, 0) is 6.42 Å². The molecule has 0 amide bonds. The minimum absolute atomic E-state index is 0.124. The van der Waals surface area contributed by atoms with E-state index in [9.17, 15) is 14.4 Å². The van der Waals surface area contributed by atoms with Gasteiger partial charge in [-0.15, -0.1) is 0 Å². The van der Waals surface area contributed by atoms with Gasteiger partial charge in [-0.3, -0.25) is 14.4 Å². The molecular weight excluding hydrogens is 156 g/mol. The van der Waals surface area contributed by atoms with Gasteiger partial charge in [0.2, 0.25) is 5.78 Å². The van der Waals surface area contributed by atoms with Gasteiger partial charge in [-0.25, -0.2) is 0 Å². The lowest BCUT2D eigenvalue weighted by molar-refractivity contribution is -0.133. The van der Waals surface area contributed by atoms with Crippen molar-refractivity contribution < 1.29 is 14.4 Å². The van der Waals surface area contributed by atoms with Crippen LogP contribution in [-0.2, 0) is 14.4 Å². The van der Waals surface area contributed by atoms with Gasteiger partial charge >= 0.3 is 0 Å². The third-order valence-corrected chi connectivity index (χ3v) is 1.56. The average Bonchev–Trinajstić information content (AvgIpc) is 2.05. The molecule has 0 heterocycles. The molecule has 0 aromatic heterocycles. The van der Waals surface area contributed by atoms with E-state index in [2.05, 4.69) is 0 Å². The second-order valence-electron chi connectivity index (χ2n) is 2.76. The summed E-state index contributed by atoms with van der Waals surface area (Å²) < 4.78 is 0. The third-order valence-electron chi connectivity index (χ3n) is 1.56. The van der Waals surface area contributed by atoms with E-state index < -0.39 is 5.78 Å². The van der Waals surface area contributed by atoms with E-state index in [1.807, 2.05) is 6.92 Å². The second-order valence-corrected chi connectivity index (χ2v) is 2.76. The Bertz CT molecular complexity index is 173. The van der Waals surface area contributed by atoms with E-state index >= 15 is 0 Å². The van der Waals surface area contributed by atoms with E-state index in [1.54, 1.807) is 0 Å². The highest BCUT2D eigenvalue weighted by molar-refractivity contribution is 6.29. The Morgan fingerprint density at radius 1 is 1.25 bits per heavy atom. The van der Waals surface area contributed by atoms with Gasteiger partial charge in [0, 0.05) is 6.42 Å². The Morgan fingerprint density at radius 3 is 2.42 bits per heavy atom. The summed E-state index contributed by atoms with van der Waals surface area (Å²) in [6, 6.07) is 0. The molecule has 3 nitrogen and oxygen atoms in total. The lowest BCUT2D eigenvalue weighted by Gasteiger charge is -1.95. The van der Waals surface area contributed by atoms with Crippen molar-refractivity contribution in [3.63, 3.8) is 0 Å². The van der Waals surface area contributed by atoms with Gasteiger partial charge < -0.3 is 0 Å². The molecule has 0 aliphatic rings. The summed E-state index contributed by atoms with van der Waals surface area (Å²) in [5.74, 6) is -0.739. The Kier molecular flexibility index (Phi) is 6.15. The highest BCUT2D eigenvalue weighted by Crippen LogP contribution is 2.01. The van der Waals surface area contributed by atoms with Crippen LogP contribution in [0.1, 0.15) is 39.0 Å². The Morgan fingerprint density at radius 2 is 1.92 bits per heavy atom. The quantitative estimate of drug-likeness (QED) is 0.250.